The van der Waals surface area contributed by atoms with Crippen LogP contribution in [0.2, 0.25) is 11.1 Å². The van der Waals surface area contributed by atoms with E-state index in [1.807, 2.05) is 49.4 Å². The van der Waals surface area contributed by atoms with Gasteiger partial charge in [-0.25, -0.2) is 14.4 Å². The van der Waals surface area contributed by atoms with Gasteiger partial charge in [0.1, 0.15) is 18.2 Å². The van der Waals surface area contributed by atoms with E-state index in [-0.39, 0.29) is 18.4 Å². The molecular formula is C40H37ClFN6O4Si. The number of nitrogens with one attached hydrogen (secondary N) is 2. The second-order valence-electron chi connectivity index (χ2n) is 14.3. The molecule has 1 saturated heterocycles. The van der Waals surface area contributed by atoms with Crippen molar-refractivity contribution in [3.05, 3.63) is 117 Å². The molecule has 5 aromatic rings. The fourth-order valence-electron chi connectivity index (χ4n) is 7.50. The monoisotopic (exact) mass is 747 g/mol. The molecular weight excluding hydrogens is 711 g/mol. The van der Waals surface area contributed by atoms with Crippen molar-refractivity contribution in [2.24, 2.45) is 0 Å². The molecule has 53 heavy (non-hydrogen) atoms. The molecule has 0 unspecified atom stereocenters. The summed E-state index contributed by atoms with van der Waals surface area (Å²) in [4.78, 5) is 38.3. The molecule has 1 aliphatic carbocycles. The first-order valence-corrected chi connectivity index (χ1v) is 20.1. The number of hydrogen-bond acceptors (Lipinski definition) is 7. The number of pyridine rings is 1. The minimum Gasteiger partial charge on any atom is -0.473 e. The van der Waals surface area contributed by atoms with E-state index in [1.54, 1.807) is 18.2 Å². The van der Waals surface area contributed by atoms with Crippen LogP contribution in [0.1, 0.15) is 57.8 Å². The summed E-state index contributed by atoms with van der Waals surface area (Å²) in [6.45, 7) is 5.04. The van der Waals surface area contributed by atoms with Gasteiger partial charge in [0, 0.05) is 59.5 Å². The molecule has 4 aliphatic rings. The number of ether oxygens (including phenoxy) is 1. The number of carbonyl (C=O) groups excluding carboxylic acids is 2. The summed E-state index contributed by atoms with van der Waals surface area (Å²) in [5, 5.41) is 6.46. The van der Waals surface area contributed by atoms with Crippen LogP contribution in [0.5, 0.6) is 5.88 Å². The van der Waals surface area contributed by atoms with Crippen LogP contribution in [-0.2, 0) is 34.0 Å². The second kappa shape index (κ2) is 13.5. The van der Waals surface area contributed by atoms with E-state index in [4.69, 9.17) is 30.7 Å². The highest BCUT2D eigenvalue weighted by atomic mass is 35.5. The maximum Gasteiger partial charge on any atom is 0.255 e. The summed E-state index contributed by atoms with van der Waals surface area (Å²) in [7, 11) is -0.945. The molecule has 10 nitrogen and oxygen atoms in total. The predicted molar refractivity (Wildman–Crippen MR) is 203 cm³/mol. The second-order valence-corrected chi connectivity index (χ2v) is 16.9. The van der Waals surface area contributed by atoms with Crippen LogP contribution < -0.4 is 15.4 Å². The average Bonchev–Trinajstić information content (AvgIpc) is 3.81. The van der Waals surface area contributed by atoms with Crippen LogP contribution >= 0.6 is 11.6 Å². The van der Waals surface area contributed by atoms with Crippen molar-refractivity contribution >= 4 is 60.4 Å². The fourth-order valence-corrected chi connectivity index (χ4v) is 9.11. The molecule has 1 saturated carbocycles. The van der Waals surface area contributed by atoms with E-state index in [1.165, 1.54) is 6.07 Å². The molecule has 2 N–H and O–H groups in total. The van der Waals surface area contributed by atoms with Gasteiger partial charge in [-0.3, -0.25) is 14.5 Å². The SMILES string of the molecule is Cc1cc(NC(=O)c2ccc3c(c2)nc(CN2CC=C(c4cccc(OCc5ccc(Cl)cc5F)n4)CC2)n3C[Si]2CCO2)cc2c1NC(=O)C21CC1. The molecule has 0 bridgehead atoms. The van der Waals surface area contributed by atoms with Gasteiger partial charge in [-0.05, 0) is 97.5 Å². The van der Waals surface area contributed by atoms with E-state index < -0.39 is 20.3 Å². The third-order valence-electron chi connectivity index (χ3n) is 10.7. The summed E-state index contributed by atoms with van der Waals surface area (Å²) in [6.07, 6.45) is 5.48. The third-order valence-corrected chi connectivity index (χ3v) is 13.0. The van der Waals surface area contributed by atoms with Crippen molar-refractivity contribution in [2.45, 2.75) is 57.0 Å². The summed E-state index contributed by atoms with van der Waals surface area (Å²) in [5.41, 5.74) is 7.75. The largest absolute Gasteiger partial charge is 0.473 e. The number of nitrogens with zero attached hydrogens (tertiary/aromatic N) is 4. The zero-order chi connectivity index (χ0) is 36.3. The highest BCUT2D eigenvalue weighted by molar-refractivity contribution is 6.53. The standard InChI is InChI=1S/C40H37ClFN6O4Si/c1-24-17-29(20-30-37(24)46-39(50)40(30)11-12-40)43-38(49)26-6-8-34-33(18-26)44-35(48(34)23-53-16-15-52-53)21-47-13-9-25(10-14-47)32-3-2-4-36(45-32)51-22-27-5-7-28(41)19-31(27)42/h2-9,17-20H,10-16,21-23H2,1H3,(H,43,49)(H,46,50). The molecule has 1 radical (unpaired) electrons. The normalized spacial score (nSPS) is 17.7. The lowest BCUT2D eigenvalue weighted by Crippen LogP contribution is -2.37. The molecule has 3 aliphatic heterocycles. The molecule has 1 spiro atoms. The van der Waals surface area contributed by atoms with Gasteiger partial charge in [0.15, 0.2) is 0 Å². The number of amides is 2. The Balaban J connectivity index is 0.899. The van der Waals surface area contributed by atoms with E-state index in [0.717, 1.165) is 96.1 Å². The van der Waals surface area contributed by atoms with Gasteiger partial charge in [0.25, 0.3) is 5.91 Å². The highest BCUT2D eigenvalue weighted by Gasteiger charge is 2.56. The number of fused-ring (bicyclic) bond motifs is 3. The maximum absolute atomic E-state index is 14.2. The summed E-state index contributed by atoms with van der Waals surface area (Å²) >= 11 is 5.88. The van der Waals surface area contributed by atoms with Gasteiger partial charge in [-0.15, -0.1) is 0 Å². The van der Waals surface area contributed by atoms with Crippen LogP contribution in [0.25, 0.3) is 16.6 Å². The number of halogens is 2. The maximum atomic E-state index is 14.2. The Kier molecular flexibility index (Phi) is 8.65. The van der Waals surface area contributed by atoms with Gasteiger partial charge >= 0.3 is 0 Å². The molecule has 9 rings (SSSR count). The lowest BCUT2D eigenvalue weighted by Gasteiger charge is -2.28. The van der Waals surface area contributed by atoms with Crippen molar-refractivity contribution in [3.63, 3.8) is 0 Å². The Morgan fingerprint density at radius 1 is 1.13 bits per heavy atom. The van der Waals surface area contributed by atoms with Gasteiger partial charge in [-0.2, -0.15) is 0 Å². The summed E-state index contributed by atoms with van der Waals surface area (Å²) < 4.78 is 28.3. The number of imidazole rings is 1. The number of rotatable bonds is 10. The zero-order valence-electron chi connectivity index (χ0n) is 29.2. The quantitative estimate of drug-likeness (QED) is 0.146. The third kappa shape index (κ3) is 6.54. The Hall–Kier alpha value is -4.88. The van der Waals surface area contributed by atoms with Crippen LogP contribution in [0.4, 0.5) is 15.8 Å². The number of anilines is 2. The van der Waals surface area contributed by atoms with Gasteiger partial charge in [0.05, 0.1) is 28.7 Å². The number of hydrogen-bond donors (Lipinski definition) is 2. The number of carbonyl (C=O) groups is 2. The predicted octanol–water partition coefficient (Wildman–Crippen LogP) is 7.20. The van der Waals surface area contributed by atoms with E-state index in [9.17, 15) is 14.0 Å². The molecule has 5 heterocycles. The zero-order valence-corrected chi connectivity index (χ0v) is 30.9. The molecule has 3 aromatic carbocycles. The summed E-state index contributed by atoms with van der Waals surface area (Å²) in [6, 6.07) is 20.9. The van der Waals surface area contributed by atoms with Crippen LogP contribution in [0.15, 0.2) is 72.8 Å². The van der Waals surface area contributed by atoms with Crippen LogP contribution in [0, 0.1) is 12.7 Å². The number of aromatic nitrogens is 3. The van der Waals surface area contributed by atoms with Crippen LogP contribution in [-0.4, -0.2) is 60.0 Å². The molecule has 2 amide bonds. The molecule has 269 valence electrons. The Morgan fingerprint density at radius 3 is 2.75 bits per heavy atom. The first kappa shape index (κ1) is 33.9. The van der Waals surface area contributed by atoms with Crippen molar-refractivity contribution in [2.75, 3.05) is 30.3 Å². The van der Waals surface area contributed by atoms with E-state index in [2.05, 4.69) is 26.2 Å². The van der Waals surface area contributed by atoms with Gasteiger partial charge in [-0.1, -0.05) is 29.8 Å². The average molecular weight is 748 g/mol. The topological polar surface area (TPSA) is 111 Å². The van der Waals surface area contributed by atoms with Crippen molar-refractivity contribution < 1.29 is 23.1 Å². The molecule has 2 fully saturated rings. The lowest BCUT2D eigenvalue weighted by atomic mass is 9.95. The molecule has 13 heteroatoms. The van der Waals surface area contributed by atoms with Gasteiger partial charge < -0.3 is 24.4 Å². The van der Waals surface area contributed by atoms with Crippen LogP contribution in [0.3, 0.4) is 0 Å². The van der Waals surface area contributed by atoms with E-state index in [0.29, 0.717) is 34.3 Å². The highest BCUT2D eigenvalue weighted by Crippen LogP contribution is 2.56. The fraction of sp³-hybridized carbons (Fsp3) is 0.300. The number of aryl methyl sites for hydroxylation is 1. The van der Waals surface area contributed by atoms with Crippen molar-refractivity contribution in [1.29, 1.82) is 0 Å². The Bertz CT molecular complexity index is 2340. The van der Waals surface area contributed by atoms with Crippen molar-refractivity contribution in [1.82, 2.24) is 19.4 Å². The Labute approximate surface area is 312 Å². The van der Waals surface area contributed by atoms with Gasteiger partial charge in [0.2, 0.25) is 20.8 Å². The summed E-state index contributed by atoms with van der Waals surface area (Å²) in [5.74, 6) is 0.825. The molecule has 2 aromatic heterocycles. The minimum atomic E-state index is -0.945. The first-order valence-electron chi connectivity index (χ1n) is 17.9. The van der Waals surface area contributed by atoms with Crippen molar-refractivity contribution in [3.8, 4) is 5.88 Å². The Morgan fingerprint density at radius 2 is 2.00 bits per heavy atom. The van der Waals surface area contributed by atoms with E-state index >= 15 is 0 Å². The minimum absolute atomic E-state index is 0.0590. The molecule has 0 atom stereocenters. The number of benzene rings is 3. The smallest absolute Gasteiger partial charge is 0.255 e. The first-order chi connectivity index (χ1) is 25.7. The lowest BCUT2D eigenvalue weighted by molar-refractivity contribution is -0.117.